The fraction of sp³-hybridized carbons (Fsp3) is 0.200. The fourth-order valence-corrected chi connectivity index (χ4v) is 1.51. The summed E-state index contributed by atoms with van der Waals surface area (Å²) in [6.45, 7) is 2.00. The predicted octanol–water partition coefficient (Wildman–Crippen LogP) is 0.981. The molecule has 0 spiro atoms. The Kier molecular flexibility index (Phi) is 1.77. The van der Waals surface area contributed by atoms with E-state index in [1.165, 1.54) is 0 Å². The van der Waals surface area contributed by atoms with E-state index < -0.39 is 5.91 Å². The number of carbonyl (C=O) groups is 1. The summed E-state index contributed by atoms with van der Waals surface area (Å²) in [5.74, 6) is -0.492. The summed E-state index contributed by atoms with van der Waals surface area (Å²) < 4.78 is 2.02. The zero-order valence-electron chi connectivity index (χ0n) is 8.11. The van der Waals surface area contributed by atoms with Crippen LogP contribution in [-0.2, 0) is 7.05 Å². The largest absolute Gasteiger partial charge is 0.364 e. The molecule has 0 saturated heterocycles. The molecule has 4 heteroatoms. The molecule has 0 aliphatic carbocycles. The third-order valence-corrected chi connectivity index (χ3v) is 2.42. The van der Waals surface area contributed by atoms with E-state index in [0.29, 0.717) is 5.69 Å². The zero-order chi connectivity index (χ0) is 10.3. The SMILES string of the molecule is Cc1cc2cc(C(N)=O)ncc2n1C. The zero-order valence-corrected chi connectivity index (χ0v) is 8.11. The summed E-state index contributed by atoms with van der Waals surface area (Å²) in [5, 5.41) is 0.994. The van der Waals surface area contributed by atoms with E-state index in [9.17, 15) is 4.79 Å². The van der Waals surface area contributed by atoms with E-state index in [2.05, 4.69) is 4.98 Å². The van der Waals surface area contributed by atoms with Crippen LogP contribution in [0.15, 0.2) is 18.3 Å². The maximum Gasteiger partial charge on any atom is 0.267 e. The first-order valence-corrected chi connectivity index (χ1v) is 4.31. The average molecular weight is 189 g/mol. The predicted molar refractivity (Wildman–Crippen MR) is 54.0 cm³/mol. The van der Waals surface area contributed by atoms with Crippen molar-refractivity contribution in [2.75, 3.05) is 0 Å². The summed E-state index contributed by atoms with van der Waals surface area (Å²) in [4.78, 5) is 14.9. The molecule has 0 unspecified atom stereocenters. The Balaban J connectivity index is 2.73. The van der Waals surface area contributed by atoms with Crippen LogP contribution in [0.25, 0.3) is 10.9 Å². The smallest absolute Gasteiger partial charge is 0.267 e. The minimum Gasteiger partial charge on any atom is -0.364 e. The first-order valence-electron chi connectivity index (χ1n) is 4.31. The number of hydrogen-bond acceptors (Lipinski definition) is 2. The van der Waals surface area contributed by atoms with Gasteiger partial charge < -0.3 is 10.3 Å². The molecule has 0 aliphatic rings. The Hall–Kier alpha value is -1.84. The van der Waals surface area contributed by atoms with Crippen molar-refractivity contribution >= 4 is 16.8 Å². The number of primary amides is 1. The van der Waals surface area contributed by atoms with Crippen LogP contribution in [0.1, 0.15) is 16.2 Å². The highest BCUT2D eigenvalue weighted by Crippen LogP contribution is 2.17. The lowest BCUT2D eigenvalue weighted by atomic mass is 10.2. The quantitative estimate of drug-likeness (QED) is 0.726. The monoisotopic (exact) mass is 189 g/mol. The second-order valence-corrected chi connectivity index (χ2v) is 3.34. The van der Waals surface area contributed by atoms with Gasteiger partial charge in [-0.2, -0.15) is 0 Å². The van der Waals surface area contributed by atoms with E-state index in [4.69, 9.17) is 5.73 Å². The Bertz CT molecular complexity index is 513. The van der Waals surface area contributed by atoms with E-state index in [-0.39, 0.29) is 0 Å². The minimum absolute atomic E-state index is 0.308. The van der Waals surface area contributed by atoms with Gasteiger partial charge in [0.15, 0.2) is 0 Å². The molecule has 2 aromatic rings. The van der Waals surface area contributed by atoms with Crippen molar-refractivity contribution in [3.63, 3.8) is 0 Å². The maximum absolute atomic E-state index is 10.9. The number of rotatable bonds is 1. The molecule has 4 nitrogen and oxygen atoms in total. The summed E-state index contributed by atoms with van der Waals surface area (Å²) in [5.41, 5.74) is 7.58. The number of pyridine rings is 1. The van der Waals surface area contributed by atoms with E-state index in [1.807, 2.05) is 24.6 Å². The highest BCUT2D eigenvalue weighted by Gasteiger charge is 2.06. The maximum atomic E-state index is 10.9. The molecule has 2 rings (SSSR count). The van der Waals surface area contributed by atoms with Crippen LogP contribution in [-0.4, -0.2) is 15.5 Å². The van der Waals surface area contributed by atoms with Gasteiger partial charge in [0.25, 0.3) is 5.91 Å². The molecule has 0 aliphatic heterocycles. The fourth-order valence-electron chi connectivity index (χ4n) is 1.51. The highest BCUT2D eigenvalue weighted by molar-refractivity contribution is 5.94. The molecule has 1 amide bonds. The van der Waals surface area contributed by atoms with Crippen molar-refractivity contribution in [3.8, 4) is 0 Å². The van der Waals surface area contributed by atoms with Crippen LogP contribution < -0.4 is 5.73 Å². The van der Waals surface area contributed by atoms with Gasteiger partial charge in [-0.05, 0) is 19.1 Å². The van der Waals surface area contributed by atoms with Crippen LogP contribution >= 0.6 is 0 Å². The van der Waals surface area contributed by atoms with Crippen LogP contribution in [0.5, 0.6) is 0 Å². The third-order valence-electron chi connectivity index (χ3n) is 2.42. The van der Waals surface area contributed by atoms with Gasteiger partial charge in [0.2, 0.25) is 0 Å². The third kappa shape index (κ3) is 1.16. The second-order valence-electron chi connectivity index (χ2n) is 3.34. The van der Waals surface area contributed by atoms with Crippen molar-refractivity contribution in [2.24, 2.45) is 12.8 Å². The van der Waals surface area contributed by atoms with Crippen molar-refractivity contribution in [3.05, 3.63) is 29.7 Å². The molecule has 0 fully saturated rings. The molecule has 0 bridgehead atoms. The number of hydrogen-bond donors (Lipinski definition) is 1. The Morgan fingerprint density at radius 1 is 1.50 bits per heavy atom. The van der Waals surface area contributed by atoms with Crippen molar-refractivity contribution in [1.82, 2.24) is 9.55 Å². The molecule has 2 N–H and O–H groups in total. The number of aryl methyl sites for hydroxylation is 2. The standard InChI is InChI=1S/C10H11N3O/c1-6-3-7-4-8(10(11)14)12-5-9(7)13(6)2/h3-5H,1-2H3,(H2,11,14). The van der Waals surface area contributed by atoms with Crippen molar-refractivity contribution < 1.29 is 4.79 Å². The lowest BCUT2D eigenvalue weighted by Gasteiger charge is -1.98. The van der Waals surface area contributed by atoms with Gasteiger partial charge in [0.05, 0.1) is 11.7 Å². The molecule has 72 valence electrons. The first-order chi connectivity index (χ1) is 6.59. The lowest BCUT2D eigenvalue weighted by molar-refractivity contribution is 0.0996. The van der Waals surface area contributed by atoms with Crippen LogP contribution in [0.4, 0.5) is 0 Å². The molecular formula is C10H11N3O. The summed E-state index contributed by atoms with van der Waals surface area (Å²) in [6, 6.07) is 3.72. The molecule has 0 aromatic carbocycles. The number of amides is 1. The van der Waals surface area contributed by atoms with Crippen LogP contribution in [0.3, 0.4) is 0 Å². The number of carbonyl (C=O) groups excluding carboxylic acids is 1. The molecule has 0 atom stereocenters. The van der Waals surface area contributed by atoms with Gasteiger partial charge >= 0.3 is 0 Å². The van der Waals surface area contributed by atoms with E-state index in [1.54, 1.807) is 12.3 Å². The van der Waals surface area contributed by atoms with Gasteiger partial charge in [-0.25, -0.2) is 4.98 Å². The molecule has 0 saturated carbocycles. The Labute approximate surface area is 81.3 Å². The molecule has 14 heavy (non-hydrogen) atoms. The molecule has 0 radical (unpaired) electrons. The topological polar surface area (TPSA) is 60.9 Å². The average Bonchev–Trinajstić information content (AvgIpc) is 2.42. The van der Waals surface area contributed by atoms with Crippen molar-refractivity contribution in [1.29, 1.82) is 0 Å². The van der Waals surface area contributed by atoms with Crippen LogP contribution in [0.2, 0.25) is 0 Å². The Morgan fingerprint density at radius 3 is 2.86 bits per heavy atom. The second kappa shape index (κ2) is 2.83. The highest BCUT2D eigenvalue weighted by atomic mass is 16.1. The number of aromatic nitrogens is 2. The first kappa shape index (κ1) is 8.74. The molecular weight excluding hydrogens is 178 g/mol. The number of nitrogens with zero attached hydrogens (tertiary/aromatic N) is 2. The van der Waals surface area contributed by atoms with E-state index in [0.717, 1.165) is 16.6 Å². The van der Waals surface area contributed by atoms with Gasteiger partial charge in [0, 0.05) is 18.1 Å². The van der Waals surface area contributed by atoms with Gasteiger partial charge in [-0.3, -0.25) is 4.79 Å². The van der Waals surface area contributed by atoms with E-state index >= 15 is 0 Å². The summed E-state index contributed by atoms with van der Waals surface area (Å²) >= 11 is 0. The molecule has 2 heterocycles. The van der Waals surface area contributed by atoms with Gasteiger partial charge in [0.1, 0.15) is 5.69 Å². The lowest BCUT2D eigenvalue weighted by Crippen LogP contribution is -2.12. The minimum atomic E-state index is -0.492. The number of nitrogens with two attached hydrogens (primary N) is 1. The van der Waals surface area contributed by atoms with Gasteiger partial charge in [-0.1, -0.05) is 0 Å². The van der Waals surface area contributed by atoms with Crippen molar-refractivity contribution in [2.45, 2.75) is 6.92 Å². The Morgan fingerprint density at radius 2 is 2.21 bits per heavy atom. The molecule has 2 aromatic heterocycles. The van der Waals surface area contributed by atoms with Gasteiger partial charge in [-0.15, -0.1) is 0 Å². The normalized spacial score (nSPS) is 10.7. The summed E-state index contributed by atoms with van der Waals surface area (Å²) in [7, 11) is 1.96. The number of fused-ring (bicyclic) bond motifs is 1. The van der Waals surface area contributed by atoms with Crippen LogP contribution in [0, 0.1) is 6.92 Å². The summed E-state index contributed by atoms with van der Waals surface area (Å²) in [6.07, 6.45) is 1.67.